The molecule has 0 atom stereocenters. The van der Waals surface area contributed by atoms with Crippen LogP contribution in [-0.2, 0) is 0 Å². The SMILES string of the molecule is CCCCC/C(C)=N/N=C(\N)CCCC. The van der Waals surface area contributed by atoms with Gasteiger partial charge in [-0.15, -0.1) is 5.10 Å². The summed E-state index contributed by atoms with van der Waals surface area (Å²) in [5, 5.41) is 8.15. The van der Waals surface area contributed by atoms with E-state index < -0.39 is 0 Å². The molecule has 0 saturated carbocycles. The Kier molecular flexibility index (Phi) is 9.13. The molecule has 0 unspecified atom stereocenters. The molecular formula is C12H25N3. The van der Waals surface area contributed by atoms with Crippen LogP contribution in [0.4, 0.5) is 0 Å². The van der Waals surface area contributed by atoms with E-state index in [-0.39, 0.29) is 0 Å². The van der Waals surface area contributed by atoms with E-state index in [1.807, 2.05) is 6.92 Å². The van der Waals surface area contributed by atoms with Crippen LogP contribution in [0.5, 0.6) is 0 Å². The fourth-order valence-electron chi connectivity index (χ4n) is 1.24. The summed E-state index contributed by atoms with van der Waals surface area (Å²) >= 11 is 0. The van der Waals surface area contributed by atoms with Gasteiger partial charge in [0.05, 0.1) is 0 Å². The zero-order valence-corrected chi connectivity index (χ0v) is 10.4. The standard InChI is InChI=1S/C12H25N3/c1-4-6-8-9-11(3)14-15-12(13)10-7-5-2/h4-10H2,1-3H3,(H2,13,15)/b14-11+. The molecule has 88 valence electrons. The monoisotopic (exact) mass is 211 g/mol. The molecule has 0 rings (SSSR count). The molecule has 0 aromatic rings. The molecule has 0 aliphatic rings. The van der Waals surface area contributed by atoms with Gasteiger partial charge in [-0.3, -0.25) is 0 Å². The predicted molar refractivity (Wildman–Crippen MR) is 68.4 cm³/mol. The minimum atomic E-state index is 0.659. The van der Waals surface area contributed by atoms with Gasteiger partial charge in [-0.05, 0) is 26.2 Å². The van der Waals surface area contributed by atoms with E-state index in [1.165, 1.54) is 19.3 Å². The van der Waals surface area contributed by atoms with Gasteiger partial charge >= 0.3 is 0 Å². The summed E-state index contributed by atoms with van der Waals surface area (Å²) in [6, 6.07) is 0. The third-order valence-electron chi connectivity index (χ3n) is 2.28. The molecule has 0 saturated heterocycles. The Morgan fingerprint density at radius 3 is 2.20 bits per heavy atom. The average molecular weight is 211 g/mol. The molecule has 0 fully saturated rings. The predicted octanol–water partition coefficient (Wildman–Crippen LogP) is 3.49. The number of amidine groups is 1. The largest absolute Gasteiger partial charge is 0.386 e. The quantitative estimate of drug-likeness (QED) is 0.284. The van der Waals surface area contributed by atoms with E-state index in [0.717, 1.165) is 31.4 Å². The van der Waals surface area contributed by atoms with E-state index in [1.54, 1.807) is 0 Å². The van der Waals surface area contributed by atoms with E-state index in [9.17, 15) is 0 Å². The van der Waals surface area contributed by atoms with Crippen LogP contribution < -0.4 is 5.73 Å². The minimum Gasteiger partial charge on any atom is -0.386 e. The van der Waals surface area contributed by atoms with Crippen molar-refractivity contribution in [2.24, 2.45) is 15.9 Å². The second-order valence-corrected chi connectivity index (χ2v) is 3.99. The lowest BCUT2D eigenvalue weighted by molar-refractivity contribution is 0.739. The molecule has 0 aromatic carbocycles. The van der Waals surface area contributed by atoms with Gasteiger partial charge in [-0.1, -0.05) is 33.1 Å². The number of rotatable bonds is 8. The van der Waals surface area contributed by atoms with Crippen molar-refractivity contribution in [1.29, 1.82) is 0 Å². The maximum atomic E-state index is 5.71. The minimum absolute atomic E-state index is 0.659. The van der Waals surface area contributed by atoms with E-state index in [0.29, 0.717) is 5.84 Å². The van der Waals surface area contributed by atoms with Crippen molar-refractivity contribution in [3.8, 4) is 0 Å². The van der Waals surface area contributed by atoms with Crippen LogP contribution in [0.15, 0.2) is 10.2 Å². The van der Waals surface area contributed by atoms with Crippen molar-refractivity contribution in [2.45, 2.75) is 65.7 Å². The molecule has 0 spiro atoms. The van der Waals surface area contributed by atoms with Crippen molar-refractivity contribution in [3.63, 3.8) is 0 Å². The fourth-order valence-corrected chi connectivity index (χ4v) is 1.24. The Hall–Kier alpha value is -0.860. The maximum absolute atomic E-state index is 5.71. The normalized spacial score (nSPS) is 13.3. The van der Waals surface area contributed by atoms with Gasteiger partial charge in [0, 0.05) is 12.1 Å². The summed E-state index contributed by atoms with van der Waals surface area (Å²) in [5.74, 6) is 0.659. The third kappa shape index (κ3) is 9.44. The maximum Gasteiger partial charge on any atom is 0.122 e. The molecule has 0 aliphatic heterocycles. The van der Waals surface area contributed by atoms with Crippen LogP contribution in [-0.4, -0.2) is 11.5 Å². The highest BCUT2D eigenvalue weighted by atomic mass is 15.2. The van der Waals surface area contributed by atoms with Crippen molar-refractivity contribution in [1.82, 2.24) is 0 Å². The first-order valence-corrected chi connectivity index (χ1v) is 6.06. The molecule has 3 heteroatoms. The number of unbranched alkanes of at least 4 members (excludes halogenated alkanes) is 3. The Balaban J connectivity index is 3.80. The molecule has 0 aliphatic carbocycles. The zero-order chi connectivity index (χ0) is 11.5. The highest BCUT2D eigenvalue weighted by Crippen LogP contribution is 2.01. The second kappa shape index (κ2) is 9.69. The molecule has 0 aromatic heterocycles. The number of nitrogens with two attached hydrogens (primary N) is 1. The lowest BCUT2D eigenvalue weighted by Gasteiger charge is -1.98. The van der Waals surface area contributed by atoms with Crippen LogP contribution in [0, 0.1) is 0 Å². The highest BCUT2D eigenvalue weighted by molar-refractivity contribution is 5.84. The molecule has 0 heterocycles. The Morgan fingerprint density at radius 1 is 0.933 bits per heavy atom. The van der Waals surface area contributed by atoms with Gasteiger partial charge in [0.2, 0.25) is 0 Å². The van der Waals surface area contributed by atoms with Crippen molar-refractivity contribution >= 4 is 11.5 Å². The summed E-state index contributed by atoms with van der Waals surface area (Å²) in [7, 11) is 0. The molecular weight excluding hydrogens is 186 g/mol. The summed E-state index contributed by atoms with van der Waals surface area (Å²) in [4.78, 5) is 0. The van der Waals surface area contributed by atoms with Gasteiger partial charge in [0.1, 0.15) is 5.84 Å². The molecule has 2 N–H and O–H groups in total. The number of nitrogens with zero attached hydrogens (tertiary/aromatic N) is 2. The summed E-state index contributed by atoms with van der Waals surface area (Å²) in [6.07, 6.45) is 7.86. The van der Waals surface area contributed by atoms with Gasteiger partial charge in [0.25, 0.3) is 0 Å². The lowest BCUT2D eigenvalue weighted by atomic mass is 10.1. The zero-order valence-electron chi connectivity index (χ0n) is 10.4. The molecule has 3 nitrogen and oxygen atoms in total. The third-order valence-corrected chi connectivity index (χ3v) is 2.28. The van der Waals surface area contributed by atoms with E-state index >= 15 is 0 Å². The van der Waals surface area contributed by atoms with Gasteiger partial charge in [0.15, 0.2) is 0 Å². The molecule has 0 radical (unpaired) electrons. The van der Waals surface area contributed by atoms with Crippen molar-refractivity contribution in [3.05, 3.63) is 0 Å². The van der Waals surface area contributed by atoms with E-state index in [4.69, 9.17) is 5.73 Å². The van der Waals surface area contributed by atoms with Crippen LogP contribution in [0.3, 0.4) is 0 Å². The average Bonchev–Trinajstić information content (AvgIpc) is 2.24. The van der Waals surface area contributed by atoms with Gasteiger partial charge in [-0.2, -0.15) is 5.10 Å². The van der Waals surface area contributed by atoms with Gasteiger partial charge in [-0.25, -0.2) is 0 Å². The Bertz CT molecular complexity index is 207. The lowest BCUT2D eigenvalue weighted by Crippen LogP contribution is -2.10. The Morgan fingerprint density at radius 2 is 1.60 bits per heavy atom. The molecule has 15 heavy (non-hydrogen) atoms. The van der Waals surface area contributed by atoms with Crippen molar-refractivity contribution < 1.29 is 0 Å². The van der Waals surface area contributed by atoms with Gasteiger partial charge < -0.3 is 5.73 Å². The summed E-state index contributed by atoms with van der Waals surface area (Å²) in [6.45, 7) is 6.37. The Labute approximate surface area is 93.9 Å². The van der Waals surface area contributed by atoms with Crippen LogP contribution in [0.2, 0.25) is 0 Å². The second-order valence-electron chi connectivity index (χ2n) is 3.99. The fraction of sp³-hybridized carbons (Fsp3) is 0.833. The van der Waals surface area contributed by atoms with Crippen molar-refractivity contribution in [2.75, 3.05) is 0 Å². The topological polar surface area (TPSA) is 50.7 Å². The molecule has 0 bridgehead atoms. The smallest absolute Gasteiger partial charge is 0.122 e. The van der Waals surface area contributed by atoms with Crippen LogP contribution >= 0.6 is 0 Å². The van der Waals surface area contributed by atoms with Crippen LogP contribution in [0.1, 0.15) is 65.7 Å². The summed E-state index contributed by atoms with van der Waals surface area (Å²) in [5.41, 5.74) is 6.79. The molecule has 0 amide bonds. The van der Waals surface area contributed by atoms with Crippen LogP contribution in [0.25, 0.3) is 0 Å². The van der Waals surface area contributed by atoms with E-state index in [2.05, 4.69) is 24.1 Å². The summed E-state index contributed by atoms with van der Waals surface area (Å²) < 4.78 is 0. The number of hydrogen-bond donors (Lipinski definition) is 1. The number of hydrogen-bond acceptors (Lipinski definition) is 2. The first-order valence-electron chi connectivity index (χ1n) is 6.06. The first-order chi connectivity index (χ1) is 7.20. The first kappa shape index (κ1) is 14.1. The highest BCUT2D eigenvalue weighted by Gasteiger charge is 1.93.